The summed E-state index contributed by atoms with van der Waals surface area (Å²) in [6.07, 6.45) is 0.844. The Labute approximate surface area is 225 Å². The second kappa shape index (κ2) is 11.0. The molecule has 39 heavy (non-hydrogen) atoms. The van der Waals surface area contributed by atoms with Crippen molar-refractivity contribution in [2.75, 3.05) is 37.8 Å². The molecule has 1 aliphatic heterocycles. The van der Waals surface area contributed by atoms with Gasteiger partial charge in [0.2, 0.25) is 11.9 Å². The third-order valence-electron chi connectivity index (χ3n) is 7.81. The molecule has 0 spiro atoms. The van der Waals surface area contributed by atoms with Gasteiger partial charge in [-0.15, -0.1) is 0 Å². The molecule has 5 rings (SSSR count). The lowest BCUT2D eigenvalue weighted by Gasteiger charge is -2.35. The van der Waals surface area contributed by atoms with Gasteiger partial charge in [-0.2, -0.15) is 18.2 Å². The molecule has 2 saturated carbocycles. The number of rotatable bonds is 8. The van der Waals surface area contributed by atoms with Crippen molar-refractivity contribution < 1.29 is 22.8 Å². The fourth-order valence-electron chi connectivity index (χ4n) is 5.03. The van der Waals surface area contributed by atoms with E-state index in [4.69, 9.17) is 0 Å². The molecule has 1 aromatic heterocycles. The van der Waals surface area contributed by atoms with Gasteiger partial charge in [0, 0.05) is 48.5 Å². The number of alkyl halides is 3. The maximum absolute atomic E-state index is 13.6. The van der Waals surface area contributed by atoms with Crippen LogP contribution >= 0.6 is 0 Å². The molecule has 0 atom stereocenters. The van der Waals surface area contributed by atoms with E-state index in [2.05, 4.69) is 37.9 Å². The Morgan fingerprint density at radius 2 is 1.69 bits per heavy atom. The Balaban J connectivity index is 1.22. The molecule has 0 bridgehead atoms. The SMILES string of the molecule is CN1CCC(N(C)C(=O)c2ccc(Nc3ncc(C(F)(F)F)c(NC4CC(C(=O)NC5CC5)C4)n3)cc2)CC1. The Kier molecular flexibility index (Phi) is 7.66. The lowest BCUT2D eigenvalue weighted by atomic mass is 9.79. The van der Waals surface area contributed by atoms with E-state index in [1.54, 1.807) is 29.2 Å². The van der Waals surface area contributed by atoms with E-state index in [0.717, 1.165) is 45.0 Å². The van der Waals surface area contributed by atoms with Crippen LogP contribution in [0.1, 0.15) is 54.4 Å². The van der Waals surface area contributed by atoms with E-state index in [0.29, 0.717) is 24.1 Å². The Morgan fingerprint density at radius 1 is 1.03 bits per heavy atom. The standard InChI is InChI=1S/C27H34F3N7O2/c1-36-11-9-21(10-12-36)37(2)25(39)16-3-5-19(6-4-16)34-26-31-15-22(27(28,29)30)23(35-26)32-20-13-17(14-20)24(38)33-18-7-8-18/h3-6,15,17-18,20-21H,7-14H2,1-2H3,(H,33,38)(H2,31,32,34,35). The van der Waals surface area contributed by atoms with Gasteiger partial charge in [-0.1, -0.05) is 0 Å². The van der Waals surface area contributed by atoms with Crippen LogP contribution in [-0.4, -0.2) is 76.9 Å². The number of amides is 2. The van der Waals surface area contributed by atoms with Crippen LogP contribution in [0.4, 0.5) is 30.6 Å². The molecule has 0 radical (unpaired) electrons. The number of hydrogen-bond acceptors (Lipinski definition) is 7. The number of nitrogens with one attached hydrogen (secondary N) is 3. The first kappa shape index (κ1) is 27.2. The van der Waals surface area contributed by atoms with E-state index in [-0.39, 0.29) is 47.6 Å². The van der Waals surface area contributed by atoms with Gasteiger partial charge in [0.25, 0.3) is 5.91 Å². The summed E-state index contributed by atoms with van der Waals surface area (Å²) < 4.78 is 40.9. The zero-order valence-electron chi connectivity index (χ0n) is 22.1. The monoisotopic (exact) mass is 545 g/mol. The highest BCUT2D eigenvalue weighted by molar-refractivity contribution is 5.94. The first-order valence-electron chi connectivity index (χ1n) is 13.4. The Hall–Kier alpha value is -3.41. The molecule has 0 unspecified atom stereocenters. The van der Waals surface area contributed by atoms with Crippen molar-refractivity contribution in [1.29, 1.82) is 0 Å². The van der Waals surface area contributed by atoms with Gasteiger partial charge in [0.05, 0.1) is 0 Å². The lowest BCUT2D eigenvalue weighted by molar-refractivity contribution is -0.137. The summed E-state index contributed by atoms with van der Waals surface area (Å²) in [5.41, 5.74) is 0.111. The Bertz CT molecular complexity index is 1190. The topological polar surface area (TPSA) is 102 Å². The van der Waals surface area contributed by atoms with Gasteiger partial charge in [-0.25, -0.2) is 4.98 Å². The quantitative estimate of drug-likeness (QED) is 0.463. The van der Waals surface area contributed by atoms with Crippen molar-refractivity contribution in [3.8, 4) is 0 Å². The van der Waals surface area contributed by atoms with E-state index >= 15 is 0 Å². The van der Waals surface area contributed by atoms with Crippen LogP contribution in [-0.2, 0) is 11.0 Å². The summed E-state index contributed by atoms with van der Waals surface area (Å²) in [6.45, 7) is 1.90. The fourth-order valence-corrected chi connectivity index (χ4v) is 5.03. The minimum Gasteiger partial charge on any atom is -0.367 e. The lowest BCUT2D eigenvalue weighted by Crippen LogP contribution is -2.45. The number of carbonyl (C=O) groups is 2. The number of benzene rings is 1. The van der Waals surface area contributed by atoms with Crippen LogP contribution in [0, 0.1) is 5.92 Å². The van der Waals surface area contributed by atoms with Gasteiger partial charge < -0.3 is 25.8 Å². The number of nitrogens with zero attached hydrogens (tertiary/aromatic N) is 4. The first-order valence-corrected chi connectivity index (χ1v) is 13.4. The van der Waals surface area contributed by atoms with Gasteiger partial charge in [0.15, 0.2) is 0 Å². The molecule has 1 aromatic carbocycles. The number of carbonyl (C=O) groups excluding carboxylic acids is 2. The molecular formula is C27H34F3N7O2. The van der Waals surface area contributed by atoms with E-state index in [1.165, 1.54) is 0 Å². The molecule has 1 saturated heterocycles. The van der Waals surface area contributed by atoms with Crippen molar-refractivity contribution in [3.63, 3.8) is 0 Å². The molecule has 3 fully saturated rings. The average Bonchev–Trinajstić information content (AvgIpc) is 3.69. The normalized spacial score (nSPS) is 22.1. The highest BCUT2D eigenvalue weighted by Gasteiger charge is 2.40. The highest BCUT2D eigenvalue weighted by atomic mass is 19.4. The Morgan fingerprint density at radius 3 is 2.31 bits per heavy atom. The first-order chi connectivity index (χ1) is 18.6. The van der Waals surface area contributed by atoms with Crippen molar-refractivity contribution in [2.24, 2.45) is 5.92 Å². The summed E-state index contributed by atoms with van der Waals surface area (Å²) in [4.78, 5) is 37.1. The van der Waals surface area contributed by atoms with Crippen LogP contribution in [0.15, 0.2) is 30.5 Å². The van der Waals surface area contributed by atoms with Gasteiger partial charge in [-0.05, 0) is 82.9 Å². The van der Waals surface area contributed by atoms with Crippen LogP contribution < -0.4 is 16.0 Å². The third-order valence-corrected chi connectivity index (χ3v) is 7.81. The number of hydrogen-bond donors (Lipinski definition) is 3. The molecule has 2 amide bonds. The van der Waals surface area contributed by atoms with Gasteiger partial charge in [0.1, 0.15) is 11.4 Å². The largest absolute Gasteiger partial charge is 0.421 e. The van der Waals surface area contributed by atoms with Gasteiger partial charge in [-0.3, -0.25) is 9.59 Å². The number of piperidine rings is 1. The minimum atomic E-state index is -4.63. The van der Waals surface area contributed by atoms with E-state index in [1.807, 2.05) is 7.05 Å². The van der Waals surface area contributed by atoms with Gasteiger partial charge >= 0.3 is 6.18 Å². The molecule has 9 nitrogen and oxygen atoms in total. The molecular weight excluding hydrogens is 511 g/mol. The van der Waals surface area contributed by atoms with Crippen molar-refractivity contribution in [1.82, 2.24) is 25.1 Å². The summed E-state index contributed by atoms with van der Waals surface area (Å²) in [7, 11) is 3.89. The predicted octanol–water partition coefficient (Wildman–Crippen LogP) is 3.87. The summed E-state index contributed by atoms with van der Waals surface area (Å²) in [5, 5.41) is 8.73. The highest BCUT2D eigenvalue weighted by Crippen LogP contribution is 2.37. The van der Waals surface area contributed by atoms with E-state index in [9.17, 15) is 22.8 Å². The maximum atomic E-state index is 13.6. The number of halogens is 3. The molecule has 12 heteroatoms. The summed E-state index contributed by atoms with van der Waals surface area (Å²) >= 11 is 0. The predicted molar refractivity (Wildman–Crippen MR) is 141 cm³/mol. The van der Waals surface area contributed by atoms with Crippen LogP contribution in [0.25, 0.3) is 0 Å². The van der Waals surface area contributed by atoms with Crippen LogP contribution in [0.5, 0.6) is 0 Å². The summed E-state index contributed by atoms with van der Waals surface area (Å²) in [6, 6.07) is 6.88. The van der Waals surface area contributed by atoms with Crippen LogP contribution in [0.3, 0.4) is 0 Å². The van der Waals surface area contributed by atoms with Crippen molar-refractivity contribution in [3.05, 3.63) is 41.6 Å². The molecule has 210 valence electrons. The molecule has 3 aliphatic rings. The second-order valence-corrected chi connectivity index (χ2v) is 10.9. The molecule has 2 aliphatic carbocycles. The smallest absolute Gasteiger partial charge is 0.367 e. The minimum absolute atomic E-state index is 0.00429. The summed E-state index contributed by atoms with van der Waals surface area (Å²) in [5.74, 6) is -0.626. The zero-order chi connectivity index (χ0) is 27.7. The van der Waals surface area contributed by atoms with Crippen molar-refractivity contribution >= 4 is 29.3 Å². The number of likely N-dealkylation sites (tertiary alicyclic amines) is 1. The van der Waals surface area contributed by atoms with Crippen LogP contribution in [0.2, 0.25) is 0 Å². The third kappa shape index (κ3) is 6.60. The number of anilines is 3. The number of aromatic nitrogens is 2. The maximum Gasteiger partial charge on any atom is 0.421 e. The molecule has 2 heterocycles. The zero-order valence-corrected chi connectivity index (χ0v) is 22.1. The second-order valence-electron chi connectivity index (χ2n) is 10.9. The van der Waals surface area contributed by atoms with E-state index < -0.39 is 11.7 Å². The average molecular weight is 546 g/mol. The molecule has 3 N–H and O–H groups in total. The van der Waals surface area contributed by atoms with Crippen molar-refractivity contribution in [2.45, 2.75) is 62.8 Å². The fraction of sp³-hybridized carbons (Fsp3) is 0.556. The molecule has 2 aromatic rings.